The average Bonchev–Trinajstić information content (AvgIpc) is 2.50. The molecule has 2 rings (SSSR count). The third-order valence-electron chi connectivity index (χ3n) is 2.96. The number of benzene rings is 2. The Morgan fingerprint density at radius 3 is 2.52 bits per heavy atom. The molecule has 0 aromatic heterocycles. The molecule has 0 radical (unpaired) electrons. The van der Waals surface area contributed by atoms with Crippen LogP contribution in [0.1, 0.15) is 16.8 Å². The average molecular weight is 355 g/mol. The number of carbonyl (C=O) groups excluding carboxylic acids is 2. The fourth-order valence-corrected chi connectivity index (χ4v) is 2.21. The van der Waals surface area contributed by atoms with E-state index in [0.717, 1.165) is 6.07 Å². The maximum absolute atomic E-state index is 13.5. The number of hydrogen-bond acceptors (Lipinski definition) is 2. The van der Waals surface area contributed by atoms with Gasteiger partial charge in [-0.3, -0.25) is 9.59 Å². The molecule has 2 N–H and O–H groups in total. The van der Waals surface area contributed by atoms with Crippen LogP contribution in [0.2, 0.25) is 10.0 Å². The SMILES string of the molecule is O=C(CCNC(=O)c1ccccc1Cl)Nc1ccc(Cl)cc1F. The van der Waals surface area contributed by atoms with Crippen LogP contribution < -0.4 is 10.6 Å². The zero-order valence-corrected chi connectivity index (χ0v) is 13.4. The monoisotopic (exact) mass is 354 g/mol. The Kier molecular flexibility index (Phi) is 5.96. The normalized spacial score (nSPS) is 10.2. The maximum atomic E-state index is 13.5. The number of anilines is 1. The smallest absolute Gasteiger partial charge is 0.252 e. The highest BCUT2D eigenvalue weighted by Crippen LogP contribution is 2.19. The summed E-state index contributed by atoms with van der Waals surface area (Å²) in [6.07, 6.45) is -0.00173. The van der Waals surface area contributed by atoms with Crippen LogP contribution in [0.25, 0.3) is 0 Å². The van der Waals surface area contributed by atoms with E-state index in [-0.39, 0.29) is 29.6 Å². The van der Waals surface area contributed by atoms with Gasteiger partial charge in [-0.15, -0.1) is 0 Å². The van der Waals surface area contributed by atoms with Gasteiger partial charge < -0.3 is 10.6 Å². The highest BCUT2D eigenvalue weighted by molar-refractivity contribution is 6.33. The lowest BCUT2D eigenvalue weighted by Crippen LogP contribution is -2.28. The van der Waals surface area contributed by atoms with Crippen molar-refractivity contribution in [2.24, 2.45) is 0 Å². The standard InChI is InChI=1S/C16H13Cl2FN2O2/c17-10-5-6-14(13(19)9-10)21-15(22)7-8-20-16(23)11-3-1-2-4-12(11)18/h1-6,9H,7-8H2,(H,20,23)(H,21,22). The predicted octanol–water partition coefficient (Wildman–Crippen LogP) is 3.89. The van der Waals surface area contributed by atoms with E-state index in [0.29, 0.717) is 10.6 Å². The highest BCUT2D eigenvalue weighted by atomic mass is 35.5. The fraction of sp³-hybridized carbons (Fsp3) is 0.125. The van der Waals surface area contributed by atoms with Gasteiger partial charge in [-0.1, -0.05) is 35.3 Å². The lowest BCUT2D eigenvalue weighted by molar-refractivity contribution is -0.116. The Hall–Kier alpha value is -2.11. The summed E-state index contributed by atoms with van der Waals surface area (Å²) in [4.78, 5) is 23.6. The van der Waals surface area contributed by atoms with E-state index in [1.54, 1.807) is 24.3 Å². The molecule has 0 heterocycles. The molecule has 2 aromatic rings. The summed E-state index contributed by atoms with van der Waals surface area (Å²) in [5.74, 6) is -1.42. The van der Waals surface area contributed by atoms with Crippen LogP contribution in [-0.2, 0) is 4.79 Å². The summed E-state index contributed by atoms with van der Waals surface area (Å²) in [5, 5.41) is 5.57. The number of carbonyl (C=O) groups is 2. The molecule has 0 saturated heterocycles. The van der Waals surface area contributed by atoms with Crippen molar-refractivity contribution in [1.29, 1.82) is 0 Å². The molecule has 120 valence electrons. The third kappa shape index (κ3) is 4.94. The minimum absolute atomic E-state index is 0.00173. The van der Waals surface area contributed by atoms with Gasteiger partial charge in [0.25, 0.3) is 5.91 Å². The van der Waals surface area contributed by atoms with E-state index in [1.807, 2.05) is 0 Å². The van der Waals surface area contributed by atoms with Gasteiger partial charge in [0.05, 0.1) is 16.3 Å². The quantitative estimate of drug-likeness (QED) is 0.855. The minimum Gasteiger partial charge on any atom is -0.351 e. The predicted molar refractivity (Wildman–Crippen MR) is 88.4 cm³/mol. The summed E-state index contributed by atoms with van der Waals surface area (Å²) < 4.78 is 13.5. The number of amides is 2. The van der Waals surface area contributed by atoms with E-state index in [4.69, 9.17) is 23.2 Å². The van der Waals surface area contributed by atoms with Crippen LogP contribution in [0, 0.1) is 5.82 Å². The van der Waals surface area contributed by atoms with E-state index in [9.17, 15) is 14.0 Å². The van der Waals surface area contributed by atoms with Crippen molar-refractivity contribution < 1.29 is 14.0 Å². The lowest BCUT2D eigenvalue weighted by atomic mass is 10.2. The van der Waals surface area contributed by atoms with Gasteiger partial charge in [0.15, 0.2) is 0 Å². The molecule has 0 bridgehead atoms. The summed E-state index contributed by atoms with van der Waals surface area (Å²) in [6, 6.07) is 10.5. The lowest BCUT2D eigenvalue weighted by Gasteiger charge is -2.08. The Balaban J connectivity index is 1.83. The number of halogens is 3. The Bertz CT molecular complexity index is 738. The third-order valence-corrected chi connectivity index (χ3v) is 3.53. The molecular formula is C16H13Cl2FN2O2. The van der Waals surface area contributed by atoms with Crippen LogP contribution in [0.3, 0.4) is 0 Å². The van der Waals surface area contributed by atoms with Crippen molar-refractivity contribution in [2.75, 3.05) is 11.9 Å². The van der Waals surface area contributed by atoms with Gasteiger partial charge in [0.1, 0.15) is 5.82 Å². The van der Waals surface area contributed by atoms with Gasteiger partial charge in [-0.25, -0.2) is 4.39 Å². The van der Waals surface area contributed by atoms with Crippen LogP contribution in [0.15, 0.2) is 42.5 Å². The molecule has 0 aliphatic rings. The van der Waals surface area contributed by atoms with Gasteiger partial charge in [-0.2, -0.15) is 0 Å². The second-order valence-corrected chi connectivity index (χ2v) is 5.50. The maximum Gasteiger partial charge on any atom is 0.252 e. The molecule has 0 spiro atoms. The Labute approximate surface area is 142 Å². The van der Waals surface area contributed by atoms with Gasteiger partial charge in [-0.05, 0) is 30.3 Å². The van der Waals surface area contributed by atoms with Crippen LogP contribution in [0.5, 0.6) is 0 Å². The zero-order valence-electron chi connectivity index (χ0n) is 11.9. The summed E-state index contributed by atoms with van der Waals surface area (Å²) >= 11 is 11.5. The number of hydrogen-bond donors (Lipinski definition) is 2. The minimum atomic E-state index is -0.619. The van der Waals surface area contributed by atoms with Crippen molar-refractivity contribution in [1.82, 2.24) is 5.32 Å². The first-order valence-corrected chi connectivity index (χ1v) is 7.50. The van der Waals surface area contributed by atoms with Crippen molar-refractivity contribution in [3.63, 3.8) is 0 Å². The Morgan fingerprint density at radius 1 is 1.09 bits per heavy atom. The van der Waals surface area contributed by atoms with Gasteiger partial charge >= 0.3 is 0 Å². The summed E-state index contributed by atoms with van der Waals surface area (Å²) in [6.45, 7) is 0.102. The molecule has 2 amide bonds. The molecule has 0 atom stereocenters. The highest BCUT2D eigenvalue weighted by Gasteiger charge is 2.11. The first-order valence-electron chi connectivity index (χ1n) is 6.75. The number of nitrogens with one attached hydrogen (secondary N) is 2. The van der Waals surface area contributed by atoms with Crippen molar-refractivity contribution in [3.05, 3.63) is 63.9 Å². The molecule has 2 aromatic carbocycles. The van der Waals surface area contributed by atoms with Crippen LogP contribution in [0.4, 0.5) is 10.1 Å². The van der Waals surface area contributed by atoms with Crippen molar-refractivity contribution in [2.45, 2.75) is 6.42 Å². The molecule has 0 aliphatic carbocycles. The van der Waals surface area contributed by atoms with Crippen molar-refractivity contribution >= 4 is 40.7 Å². The second-order valence-electron chi connectivity index (χ2n) is 4.66. The van der Waals surface area contributed by atoms with Crippen molar-refractivity contribution in [3.8, 4) is 0 Å². The van der Waals surface area contributed by atoms with E-state index in [1.165, 1.54) is 12.1 Å². The molecule has 7 heteroatoms. The largest absolute Gasteiger partial charge is 0.351 e. The van der Waals surface area contributed by atoms with Crippen LogP contribution in [-0.4, -0.2) is 18.4 Å². The molecule has 0 aliphatic heterocycles. The van der Waals surface area contributed by atoms with E-state index in [2.05, 4.69) is 10.6 Å². The number of rotatable bonds is 5. The van der Waals surface area contributed by atoms with E-state index < -0.39 is 11.7 Å². The molecular weight excluding hydrogens is 342 g/mol. The molecule has 23 heavy (non-hydrogen) atoms. The summed E-state index contributed by atoms with van der Waals surface area (Å²) in [5.41, 5.74) is 0.371. The first kappa shape index (κ1) is 17.2. The topological polar surface area (TPSA) is 58.2 Å². The Morgan fingerprint density at radius 2 is 1.83 bits per heavy atom. The van der Waals surface area contributed by atoms with Gasteiger partial charge in [0, 0.05) is 18.0 Å². The molecule has 0 saturated carbocycles. The first-order chi connectivity index (χ1) is 11.0. The fourth-order valence-electron chi connectivity index (χ4n) is 1.83. The molecule has 4 nitrogen and oxygen atoms in total. The molecule has 0 unspecified atom stereocenters. The van der Waals surface area contributed by atoms with E-state index >= 15 is 0 Å². The van der Waals surface area contributed by atoms with Crippen LogP contribution >= 0.6 is 23.2 Å². The zero-order chi connectivity index (χ0) is 16.8. The van der Waals surface area contributed by atoms with Gasteiger partial charge in [0.2, 0.25) is 5.91 Å². The second kappa shape index (κ2) is 7.94. The molecule has 0 fully saturated rings. The summed E-state index contributed by atoms with van der Waals surface area (Å²) in [7, 11) is 0.